The van der Waals surface area contributed by atoms with E-state index in [9.17, 15) is 10.1 Å². The first-order chi connectivity index (χ1) is 9.47. The number of nitro groups is 1. The molecule has 2 aromatic rings. The van der Waals surface area contributed by atoms with E-state index in [1.54, 1.807) is 6.07 Å². The van der Waals surface area contributed by atoms with E-state index >= 15 is 0 Å². The normalized spacial score (nSPS) is 10.3. The zero-order valence-electron chi connectivity index (χ0n) is 11.9. The number of nitro benzene ring substituents is 1. The van der Waals surface area contributed by atoms with Crippen molar-refractivity contribution in [3.05, 3.63) is 68.8 Å². The minimum Gasteiger partial charge on any atom is -0.375 e. The lowest BCUT2D eigenvalue weighted by Crippen LogP contribution is -2.03. The number of nitrogens with one attached hydrogen (secondary N) is 1. The highest BCUT2D eigenvalue weighted by Crippen LogP contribution is 2.28. The second-order valence-electron chi connectivity index (χ2n) is 5.05. The van der Waals surface area contributed by atoms with Crippen LogP contribution in [0.1, 0.15) is 22.3 Å². The van der Waals surface area contributed by atoms with Gasteiger partial charge < -0.3 is 5.32 Å². The Labute approximate surface area is 118 Å². The van der Waals surface area contributed by atoms with Crippen molar-refractivity contribution in [1.29, 1.82) is 0 Å². The van der Waals surface area contributed by atoms with Gasteiger partial charge in [0.1, 0.15) is 5.69 Å². The van der Waals surface area contributed by atoms with Crippen LogP contribution in [0, 0.1) is 30.9 Å². The summed E-state index contributed by atoms with van der Waals surface area (Å²) in [6.07, 6.45) is 0. The monoisotopic (exact) mass is 270 g/mol. The van der Waals surface area contributed by atoms with Gasteiger partial charge in [0, 0.05) is 12.6 Å². The third kappa shape index (κ3) is 3.15. The molecular formula is C16H18N2O2. The van der Waals surface area contributed by atoms with E-state index in [1.807, 2.05) is 51.1 Å². The largest absolute Gasteiger partial charge is 0.375 e. The molecule has 0 aliphatic carbocycles. The average Bonchev–Trinajstić information content (AvgIpc) is 2.41. The second-order valence-corrected chi connectivity index (χ2v) is 5.05. The van der Waals surface area contributed by atoms with Gasteiger partial charge >= 0.3 is 0 Å². The van der Waals surface area contributed by atoms with Gasteiger partial charge in [0.2, 0.25) is 0 Å². The Morgan fingerprint density at radius 2 is 1.65 bits per heavy atom. The highest BCUT2D eigenvalue weighted by atomic mass is 16.6. The third-order valence-corrected chi connectivity index (χ3v) is 3.41. The summed E-state index contributed by atoms with van der Waals surface area (Å²) in [6.45, 7) is 6.44. The SMILES string of the molecule is Cc1ccc(CNc2cc(C)c(C)cc2[N+](=O)[O-])cc1. The predicted molar refractivity (Wildman–Crippen MR) is 81.1 cm³/mol. The van der Waals surface area contributed by atoms with E-state index in [1.165, 1.54) is 5.56 Å². The molecule has 104 valence electrons. The van der Waals surface area contributed by atoms with Crippen LogP contribution in [0.15, 0.2) is 36.4 Å². The van der Waals surface area contributed by atoms with E-state index in [4.69, 9.17) is 0 Å². The molecule has 0 bridgehead atoms. The molecule has 0 aromatic heterocycles. The second kappa shape index (κ2) is 5.74. The maximum absolute atomic E-state index is 11.1. The zero-order valence-corrected chi connectivity index (χ0v) is 11.9. The van der Waals surface area contributed by atoms with Crippen molar-refractivity contribution in [3.63, 3.8) is 0 Å². The number of hydrogen-bond donors (Lipinski definition) is 1. The van der Waals surface area contributed by atoms with Gasteiger partial charge in [0.25, 0.3) is 5.69 Å². The molecule has 0 radical (unpaired) electrons. The van der Waals surface area contributed by atoms with Crippen LogP contribution in [-0.2, 0) is 6.54 Å². The van der Waals surface area contributed by atoms with Crippen LogP contribution >= 0.6 is 0 Å². The van der Waals surface area contributed by atoms with Gasteiger partial charge in [-0.3, -0.25) is 10.1 Å². The number of nitrogens with zero attached hydrogens (tertiary/aromatic N) is 1. The molecule has 0 aliphatic rings. The fraction of sp³-hybridized carbons (Fsp3) is 0.250. The molecule has 0 spiro atoms. The standard InChI is InChI=1S/C16H18N2O2/c1-11-4-6-14(7-5-11)10-17-15-8-12(2)13(3)9-16(15)18(19)20/h4-9,17H,10H2,1-3H3. The zero-order chi connectivity index (χ0) is 14.7. The van der Waals surface area contributed by atoms with Gasteiger partial charge in [-0.15, -0.1) is 0 Å². The molecule has 4 heteroatoms. The van der Waals surface area contributed by atoms with Crippen LogP contribution in [0.5, 0.6) is 0 Å². The smallest absolute Gasteiger partial charge is 0.292 e. The molecule has 0 atom stereocenters. The van der Waals surface area contributed by atoms with Gasteiger partial charge in [-0.1, -0.05) is 29.8 Å². The molecule has 2 rings (SSSR count). The Balaban J connectivity index is 2.22. The van der Waals surface area contributed by atoms with Crippen molar-refractivity contribution in [2.24, 2.45) is 0 Å². The van der Waals surface area contributed by atoms with Gasteiger partial charge in [-0.2, -0.15) is 0 Å². The van der Waals surface area contributed by atoms with Gasteiger partial charge in [-0.25, -0.2) is 0 Å². The summed E-state index contributed by atoms with van der Waals surface area (Å²) in [5, 5.41) is 14.3. The molecule has 2 aromatic carbocycles. The quantitative estimate of drug-likeness (QED) is 0.671. The highest BCUT2D eigenvalue weighted by Gasteiger charge is 2.15. The summed E-state index contributed by atoms with van der Waals surface area (Å²) in [5.41, 5.74) is 4.97. The topological polar surface area (TPSA) is 55.2 Å². The molecule has 1 N–H and O–H groups in total. The van der Waals surface area contributed by atoms with E-state index in [-0.39, 0.29) is 10.6 Å². The number of hydrogen-bond acceptors (Lipinski definition) is 3. The molecule has 0 amide bonds. The molecule has 0 saturated carbocycles. The predicted octanol–water partition coefficient (Wildman–Crippen LogP) is 4.13. The molecule has 4 nitrogen and oxygen atoms in total. The van der Waals surface area contributed by atoms with Crippen molar-refractivity contribution in [1.82, 2.24) is 0 Å². The first-order valence-electron chi connectivity index (χ1n) is 6.52. The minimum atomic E-state index is -0.343. The van der Waals surface area contributed by atoms with Crippen LogP contribution in [0.2, 0.25) is 0 Å². The average molecular weight is 270 g/mol. The molecular weight excluding hydrogens is 252 g/mol. The Hall–Kier alpha value is -2.36. The van der Waals surface area contributed by atoms with Gasteiger partial charge in [-0.05, 0) is 43.5 Å². The lowest BCUT2D eigenvalue weighted by atomic mass is 10.1. The van der Waals surface area contributed by atoms with Crippen molar-refractivity contribution in [2.45, 2.75) is 27.3 Å². The summed E-state index contributed by atoms with van der Waals surface area (Å²) in [6, 6.07) is 11.6. The molecule has 0 heterocycles. The summed E-state index contributed by atoms with van der Waals surface area (Å²) in [5.74, 6) is 0. The summed E-state index contributed by atoms with van der Waals surface area (Å²) in [7, 11) is 0. The number of aryl methyl sites for hydroxylation is 3. The van der Waals surface area contributed by atoms with Crippen LogP contribution in [0.25, 0.3) is 0 Å². The van der Waals surface area contributed by atoms with E-state index in [0.29, 0.717) is 12.2 Å². The summed E-state index contributed by atoms with van der Waals surface area (Å²) >= 11 is 0. The molecule has 0 fully saturated rings. The first-order valence-corrected chi connectivity index (χ1v) is 6.52. The summed E-state index contributed by atoms with van der Waals surface area (Å²) < 4.78 is 0. The fourth-order valence-corrected chi connectivity index (χ4v) is 2.00. The lowest BCUT2D eigenvalue weighted by Gasteiger charge is -2.10. The maximum Gasteiger partial charge on any atom is 0.292 e. The molecule has 20 heavy (non-hydrogen) atoms. The maximum atomic E-state index is 11.1. The summed E-state index contributed by atoms with van der Waals surface area (Å²) in [4.78, 5) is 10.8. The molecule has 0 aliphatic heterocycles. The van der Waals surface area contributed by atoms with Crippen LogP contribution in [0.4, 0.5) is 11.4 Å². The van der Waals surface area contributed by atoms with Gasteiger partial charge in [0.15, 0.2) is 0 Å². The van der Waals surface area contributed by atoms with E-state index < -0.39 is 0 Å². The number of anilines is 1. The fourth-order valence-electron chi connectivity index (χ4n) is 2.00. The Morgan fingerprint density at radius 1 is 1.05 bits per heavy atom. The van der Waals surface area contributed by atoms with Crippen molar-refractivity contribution in [2.75, 3.05) is 5.32 Å². The van der Waals surface area contributed by atoms with Crippen molar-refractivity contribution in [3.8, 4) is 0 Å². The highest BCUT2D eigenvalue weighted by molar-refractivity contribution is 5.64. The molecule has 0 saturated heterocycles. The number of rotatable bonds is 4. The molecule has 0 unspecified atom stereocenters. The third-order valence-electron chi connectivity index (χ3n) is 3.41. The Morgan fingerprint density at radius 3 is 2.25 bits per heavy atom. The van der Waals surface area contributed by atoms with Crippen molar-refractivity contribution >= 4 is 11.4 Å². The van der Waals surface area contributed by atoms with Crippen LogP contribution in [0.3, 0.4) is 0 Å². The lowest BCUT2D eigenvalue weighted by molar-refractivity contribution is -0.384. The van der Waals surface area contributed by atoms with Crippen LogP contribution in [-0.4, -0.2) is 4.92 Å². The van der Waals surface area contributed by atoms with Crippen molar-refractivity contribution < 1.29 is 4.92 Å². The van der Waals surface area contributed by atoms with Crippen LogP contribution < -0.4 is 5.32 Å². The first kappa shape index (κ1) is 14.1. The Kier molecular flexibility index (Phi) is 4.03. The van der Waals surface area contributed by atoms with Gasteiger partial charge in [0.05, 0.1) is 4.92 Å². The Bertz CT molecular complexity index is 634. The number of benzene rings is 2. The minimum absolute atomic E-state index is 0.125. The van der Waals surface area contributed by atoms with E-state index in [2.05, 4.69) is 5.32 Å². The van der Waals surface area contributed by atoms with E-state index in [0.717, 1.165) is 16.7 Å².